The highest BCUT2D eigenvalue weighted by molar-refractivity contribution is 5.89. The van der Waals surface area contributed by atoms with Crippen LogP contribution in [0.4, 0.5) is 4.39 Å². The fourth-order valence-electron chi connectivity index (χ4n) is 4.32. The number of H-pyrrole nitrogens is 1. The lowest BCUT2D eigenvalue weighted by atomic mass is 9.92. The van der Waals surface area contributed by atoms with Crippen molar-refractivity contribution in [3.8, 4) is 22.4 Å². The zero-order chi connectivity index (χ0) is 18.2. The lowest BCUT2D eigenvalue weighted by molar-refractivity contribution is 0.287. The van der Waals surface area contributed by atoms with E-state index in [-0.39, 0.29) is 5.82 Å². The summed E-state index contributed by atoms with van der Waals surface area (Å²) in [6.07, 6.45) is 9.43. The van der Waals surface area contributed by atoms with Crippen molar-refractivity contribution < 1.29 is 4.39 Å². The lowest BCUT2D eigenvalue weighted by Gasteiger charge is -2.28. The van der Waals surface area contributed by atoms with Gasteiger partial charge < -0.3 is 0 Å². The second-order valence-corrected chi connectivity index (χ2v) is 7.26. The molecule has 1 fully saturated rings. The minimum atomic E-state index is -0.247. The summed E-state index contributed by atoms with van der Waals surface area (Å²) in [6, 6.07) is 11.2. The van der Waals surface area contributed by atoms with Crippen LogP contribution < -0.4 is 0 Å². The van der Waals surface area contributed by atoms with Gasteiger partial charge in [-0.15, -0.1) is 0 Å². The van der Waals surface area contributed by atoms with Crippen LogP contribution in [0.5, 0.6) is 0 Å². The molecule has 1 aromatic carbocycles. The molecule has 2 aliphatic heterocycles. The summed E-state index contributed by atoms with van der Waals surface area (Å²) in [5.74, 6) is -0.247. The van der Waals surface area contributed by atoms with Crippen LogP contribution in [0, 0.1) is 5.82 Å². The van der Waals surface area contributed by atoms with Crippen LogP contribution in [0.3, 0.4) is 0 Å². The highest BCUT2D eigenvalue weighted by Crippen LogP contribution is 2.39. The number of aromatic nitrogens is 3. The van der Waals surface area contributed by atoms with Crippen LogP contribution in [-0.4, -0.2) is 39.2 Å². The van der Waals surface area contributed by atoms with Gasteiger partial charge in [0.2, 0.25) is 0 Å². The van der Waals surface area contributed by atoms with Crippen LogP contribution in [0.15, 0.2) is 54.9 Å². The molecule has 1 unspecified atom stereocenters. The van der Waals surface area contributed by atoms with Crippen molar-refractivity contribution in [2.45, 2.75) is 25.3 Å². The molecule has 0 saturated carbocycles. The molecule has 1 N–H and O–H groups in total. The molecule has 2 aromatic heterocycles. The number of pyridine rings is 1. The van der Waals surface area contributed by atoms with E-state index in [2.05, 4.69) is 26.2 Å². The largest absolute Gasteiger partial charge is 0.297 e. The molecule has 4 heterocycles. The monoisotopic (exact) mass is 360 g/mol. The molecule has 27 heavy (non-hydrogen) atoms. The SMILES string of the molecule is Fc1cccc(-c2[nH]nc(C3=CC4CCCN4CC3)c2-c2ccncc2)c1. The van der Waals surface area contributed by atoms with Gasteiger partial charge >= 0.3 is 0 Å². The second-order valence-electron chi connectivity index (χ2n) is 7.26. The Labute approximate surface area is 157 Å². The third-order valence-corrected chi connectivity index (χ3v) is 5.63. The molecule has 4 nitrogen and oxygen atoms in total. The number of nitrogens with zero attached hydrogens (tertiary/aromatic N) is 3. The number of aromatic amines is 1. The maximum atomic E-state index is 13.8. The van der Waals surface area contributed by atoms with Gasteiger partial charge in [0.05, 0.1) is 11.4 Å². The Morgan fingerprint density at radius 1 is 1.07 bits per heavy atom. The minimum Gasteiger partial charge on any atom is -0.297 e. The van der Waals surface area contributed by atoms with E-state index in [1.165, 1.54) is 31.0 Å². The first-order valence-corrected chi connectivity index (χ1v) is 9.49. The van der Waals surface area contributed by atoms with Gasteiger partial charge in [0, 0.05) is 36.1 Å². The normalized spacial score (nSPS) is 19.7. The maximum Gasteiger partial charge on any atom is 0.123 e. The highest BCUT2D eigenvalue weighted by atomic mass is 19.1. The predicted octanol–water partition coefficient (Wildman–Crippen LogP) is 4.53. The first-order chi connectivity index (χ1) is 13.3. The smallest absolute Gasteiger partial charge is 0.123 e. The molecule has 5 heteroatoms. The third-order valence-electron chi connectivity index (χ3n) is 5.63. The van der Waals surface area contributed by atoms with E-state index in [1.807, 2.05) is 18.2 Å². The topological polar surface area (TPSA) is 44.8 Å². The average molecular weight is 360 g/mol. The number of benzene rings is 1. The van der Waals surface area contributed by atoms with E-state index in [0.29, 0.717) is 6.04 Å². The standard InChI is InChI=1S/C22H21FN4/c23-18-4-1-3-16(13-18)21-20(15-6-9-24-10-7-15)22(26-25-21)17-8-12-27-11-2-5-19(27)14-17/h1,3-4,6-7,9-10,13-14,19H,2,5,8,11-12H2,(H,25,26). The van der Waals surface area contributed by atoms with E-state index in [0.717, 1.165) is 41.0 Å². The highest BCUT2D eigenvalue weighted by Gasteiger charge is 2.29. The fourth-order valence-corrected chi connectivity index (χ4v) is 4.32. The van der Waals surface area contributed by atoms with Crippen LogP contribution in [0.25, 0.3) is 28.0 Å². The number of halogens is 1. The molecule has 1 saturated heterocycles. The van der Waals surface area contributed by atoms with Crippen molar-refractivity contribution in [1.82, 2.24) is 20.1 Å². The third kappa shape index (κ3) is 2.98. The zero-order valence-electron chi connectivity index (χ0n) is 15.0. The van der Waals surface area contributed by atoms with Crippen LogP contribution >= 0.6 is 0 Å². The van der Waals surface area contributed by atoms with E-state index < -0.39 is 0 Å². The first-order valence-electron chi connectivity index (χ1n) is 9.49. The van der Waals surface area contributed by atoms with Gasteiger partial charge in [-0.3, -0.25) is 15.0 Å². The van der Waals surface area contributed by atoms with Crippen molar-refractivity contribution in [1.29, 1.82) is 0 Å². The van der Waals surface area contributed by atoms with Crippen molar-refractivity contribution in [3.63, 3.8) is 0 Å². The Hall–Kier alpha value is -2.79. The number of hydrogen-bond donors (Lipinski definition) is 1. The van der Waals surface area contributed by atoms with Gasteiger partial charge in [-0.05, 0) is 61.2 Å². The quantitative estimate of drug-likeness (QED) is 0.746. The second kappa shape index (κ2) is 6.74. The average Bonchev–Trinajstić information content (AvgIpc) is 3.35. The fraction of sp³-hybridized carbons (Fsp3) is 0.273. The van der Waals surface area contributed by atoms with Gasteiger partial charge in [-0.2, -0.15) is 5.10 Å². The predicted molar refractivity (Wildman–Crippen MR) is 104 cm³/mol. The molecule has 0 radical (unpaired) electrons. The van der Waals surface area contributed by atoms with Gasteiger partial charge in [-0.1, -0.05) is 18.2 Å². The molecular formula is C22H21FN4. The van der Waals surface area contributed by atoms with Crippen molar-refractivity contribution in [2.24, 2.45) is 0 Å². The molecule has 0 amide bonds. The van der Waals surface area contributed by atoms with Gasteiger partial charge in [0.25, 0.3) is 0 Å². The Morgan fingerprint density at radius 2 is 1.96 bits per heavy atom. The molecule has 0 spiro atoms. The molecule has 136 valence electrons. The molecule has 0 bridgehead atoms. The zero-order valence-corrected chi connectivity index (χ0v) is 15.0. The molecule has 3 aromatic rings. The summed E-state index contributed by atoms with van der Waals surface area (Å²) in [4.78, 5) is 6.70. The van der Waals surface area contributed by atoms with Crippen LogP contribution in [0.2, 0.25) is 0 Å². The molecule has 5 rings (SSSR count). The van der Waals surface area contributed by atoms with E-state index >= 15 is 0 Å². The van der Waals surface area contributed by atoms with Crippen LogP contribution in [-0.2, 0) is 0 Å². The Bertz CT molecular complexity index is 993. The molecule has 0 aliphatic carbocycles. The van der Waals surface area contributed by atoms with Crippen molar-refractivity contribution in [2.75, 3.05) is 13.1 Å². The Kier molecular flexibility index (Phi) is 4.09. The summed E-state index contributed by atoms with van der Waals surface area (Å²) < 4.78 is 13.8. The lowest BCUT2D eigenvalue weighted by Crippen LogP contribution is -2.32. The minimum absolute atomic E-state index is 0.247. The van der Waals surface area contributed by atoms with Gasteiger partial charge in [0.15, 0.2) is 0 Å². The van der Waals surface area contributed by atoms with Gasteiger partial charge in [-0.25, -0.2) is 4.39 Å². The first kappa shape index (κ1) is 16.4. The van der Waals surface area contributed by atoms with Crippen molar-refractivity contribution in [3.05, 3.63) is 66.4 Å². The molecule has 1 atom stereocenters. The summed E-state index contributed by atoms with van der Waals surface area (Å²) in [5, 5.41) is 7.86. The van der Waals surface area contributed by atoms with Crippen molar-refractivity contribution >= 4 is 5.57 Å². The summed E-state index contributed by atoms with van der Waals surface area (Å²) >= 11 is 0. The number of fused-ring (bicyclic) bond motifs is 1. The number of hydrogen-bond acceptors (Lipinski definition) is 3. The summed E-state index contributed by atoms with van der Waals surface area (Å²) in [6.45, 7) is 2.27. The number of rotatable bonds is 3. The molecule has 2 aliphatic rings. The van der Waals surface area contributed by atoms with E-state index in [1.54, 1.807) is 24.5 Å². The molecular weight excluding hydrogens is 339 g/mol. The summed E-state index contributed by atoms with van der Waals surface area (Å²) in [5.41, 5.74) is 5.99. The Morgan fingerprint density at radius 3 is 2.81 bits per heavy atom. The summed E-state index contributed by atoms with van der Waals surface area (Å²) in [7, 11) is 0. The van der Waals surface area contributed by atoms with E-state index in [4.69, 9.17) is 0 Å². The maximum absolute atomic E-state index is 13.8. The number of nitrogens with one attached hydrogen (secondary N) is 1. The van der Waals surface area contributed by atoms with Gasteiger partial charge in [0.1, 0.15) is 5.82 Å². The Balaban J connectivity index is 1.66. The van der Waals surface area contributed by atoms with E-state index in [9.17, 15) is 4.39 Å². The van der Waals surface area contributed by atoms with Crippen LogP contribution in [0.1, 0.15) is 25.0 Å².